The average Bonchev–Trinajstić information content (AvgIpc) is 2.43. The van der Waals surface area contributed by atoms with Gasteiger partial charge in [0.25, 0.3) is 5.91 Å². The first-order valence-electron chi connectivity index (χ1n) is 5.83. The first kappa shape index (κ1) is 14.2. The van der Waals surface area contributed by atoms with Gasteiger partial charge in [-0.1, -0.05) is 12.1 Å². The van der Waals surface area contributed by atoms with Crippen molar-refractivity contribution < 1.29 is 9.59 Å². The summed E-state index contributed by atoms with van der Waals surface area (Å²) in [6, 6.07) is 7.17. The molecule has 0 aliphatic rings. The third-order valence-electron chi connectivity index (χ3n) is 2.74. The van der Waals surface area contributed by atoms with Crippen LogP contribution in [0.4, 0.5) is 0 Å². The molecule has 18 heavy (non-hydrogen) atoms. The molecule has 0 heterocycles. The molecule has 1 aromatic rings. The van der Waals surface area contributed by atoms with Crippen molar-refractivity contribution in [2.75, 3.05) is 20.6 Å². The number of carbonyl (C=O) groups excluding carboxylic acids is 2. The minimum atomic E-state index is -0.0949. The van der Waals surface area contributed by atoms with Gasteiger partial charge in [0.15, 0.2) is 0 Å². The molecule has 1 rings (SSSR count). The van der Waals surface area contributed by atoms with Gasteiger partial charge in [-0.2, -0.15) is 0 Å². The van der Waals surface area contributed by atoms with E-state index in [1.807, 2.05) is 12.1 Å². The maximum Gasteiger partial charge on any atom is 0.253 e. The summed E-state index contributed by atoms with van der Waals surface area (Å²) >= 11 is 0. The molecule has 0 spiro atoms. The molecule has 5 nitrogen and oxygen atoms in total. The van der Waals surface area contributed by atoms with Crippen LogP contribution in [0, 0.1) is 0 Å². The Hall–Kier alpha value is -1.88. The Labute approximate surface area is 107 Å². The summed E-state index contributed by atoms with van der Waals surface area (Å²) in [6.45, 7) is 0.859. The Bertz CT molecular complexity index is 415. The fraction of sp³-hybridized carbons (Fsp3) is 0.385. The van der Waals surface area contributed by atoms with E-state index >= 15 is 0 Å². The molecule has 0 unspecified atom stereocenters. The summed E-state index contributed by atoms with van der Waals surface area (Å²) in [5, 5.41) is 2.52. The zero-order chi connectivity index (χ0) is 13.5. The molecule has 0 saturated carbocycles. The first-order chi connectivity index (χ1) is 8.58. The number of benzene rings is 1. The number of nitrogens with two attached hydrogens (primary N) is 1. The number of nitrogens with zero attached hydrogens (tertiary/aromatic N) is 1. The fourth-order valence-corrected chi connectivity index (χ4v) is 1.50. The summed E-state index contributed by atoms with van der Waals surface area (Å²) in [6.07, 6.45) is 0.305. The van der Waals surface area contributed by atoms with Crippen molar-refractivity contribution in [1.29, 1.82) is 0 Å². The van der Waals surface area contributed by atoms with Crippen LogP contribution in [0.25, 0.3) is 0 Å². The van der Waals surface area contributed by atoms with Crippen LogP contribution in [0.15, 0.2) is 24.3 Å². The molecule has 0 radical (unpaired) electrons. The van der Waals surface area contributed by atoms with Crippen molar-refractivity contribution >= 4 is 11.8 Å². The van der Waals surface area contributed by atoms with E-state index in [4.69, 9.17) is 5.73 Å². The lowest BCUT2D eigenvalue weighted by Crippen LogP contribution is -2.31. The van der Waals surface area contributed by atoms with E-state index < -0.39 is 0 Å². The van der Waals surface area contributed by atoms with E-state index in [1.54, 1.807) is 26.2 Å². The third kappa shape index (κ3) is 3.85. The van der Waals surface area contributed by atoms with Crippen LogP contribution in [0.1, 0.15) is 22.3 Å². The molecule has 0 fully saturated rings. The van der Waals surface area contributed by atoms with Crippen LogP contribution in [-0.2, 0) is 11.3 Å². The van der Waals surface area contributed by atoms with Crippen molar-refractivity contribution in [2.45, 2.75) is 13.0 Å². The van der Waals surface area contributed by atoms with Gasteiger partial charge >= 0.3 is 0 Å². The number of rotatable bonds is 5. The highest BCUT2D eigenvalue weighted by molar-refractivity contribution is 5.94. The summed E-state index contributed by atoms with van der Waals surface area (Å²) in [5.74, 6) is -0.171. The van der Waals surface area contributed by atoms with E-state index in [1.165, 1.54) is 4.90 Å². The minimum absolute atomic E-state index is 0.0758. The van der Waals surface area contributed by atoms with Crippen LogP contribution in [-0.4, -0.2) is 37.4 Å². The average molecular weight is 249 g/mol. The highest BCUT2D eigenvalue weighted by Crippen LogP contribution is 2.06. The van der Waals surface area contributed by atoms with Gasteiger partial charge in [0.05, 0.1) is 0 Å². The summed E-state index contributed by atoms with van der Waals surface area (Å²) in [7, 11) is 3.26. The zero-order valence-corrected chi connectivity index (χ0v) is 10.8. The number of amides is 2. The summed E-state index contributed by atoms with van der Waals surface area (Å²) < 4.78 is 0. The van der Waals surface area contributed by atoms with Gasteiger partial charge in [-0.05, 0) is 17.7 Å². The van der Waals surface area contributed by atoms with Gasteiger partial charge in [-0.3, -0.25) is 9.59 Å². The molecule has 3 N–H and O–H groups in total. The third-order valence-corrected chi connectivity index (χ3v) is 2.74. The lowest BCUT2D eigenvalue weighted by molar-refractivity contribution is -0.120. The van der Waals surface area contributed by atoms with Gasteiger partial charge in [0, 0.05) is 39.2 Å². The normalized spacial score (nSPS) is 9.94. The molecule has 0 saturated heterocycles. The van der Waals surface area contributed by atoms with Crippen molar-refractivity contribution in [2.24, 2.45) is 5.73 Å². The van der Waals surface area contributed by atoms with E-state index in [2.05, 4.69) is 5.32 Å². The molecule has 1 aromatic carbocycles. The summed E-state index contributed by atoms with van der Waals surface area (Å²) in [5.41, 5.74) is 7.08. The largest absolute Gasteiger partial charge is 0.359 e. The minimum Gasteiger partial charge on any atom is -0.359 e. The van der Waals surface area contributed by atoms with Crippen molar-refractivity contribution in [3.63, 3.8) is 0 Å². The molecule has 2 amide bonds. The maximum absolute atomic E-state index is 12.0. The van der Waals surface area contributed by atoms with Crippen LogP contribution in [0.2, 0.25) is 0 Å². The highest BCUT2D eigenvalue weighted by Gasteiger charge is 2.12. The Morgan fingerprint density at radius 2 is 1.89 bits per heavy atom. The second-order valence-corrected chi connectivity index (χ2v) is 4.05. The molecule has 0 aromatic heterocycles. The second kappa shape index (κ2) is 6.76. The van der Waals surface area contributed by atoms with Crippen LogP contribution >= 0.6 is 0 Å². The highest BCUT2D eigenvalue weighted by atomic mass is 16.2. The van der Waals surface area contributed by atoms with Crippen LogP contribution in [0.5, 0.6) is 0 Å². The topological polar surface area (TPSA) is 75.4 Å². The van der Waals surface area contributed by atoms with Gasteiger partial charge in [-0.15, -0.1) is 0 Å². The number of carbonyl (C=O) groups is 2. The van der Waals surface area contributed by atoms with E-state index in [-0.39, 0.29) is 11.8 Å². The van der Waals surface area contributed by atoms with Crippen LogP contribution < -0.4 is 11.1 Å². The van der Waals surface area contributed by atoms with E-state index in [0.717, 1.165) is 5.56 Å². The van der Waals surface area contributed by atoms with Crippen molar-refractivity contribution in [3.8, 4) is 0 Å². The number of hydrogen-bond donors (Lipinski definition) is 2. The van der Waals surface area contributed by atoms with E-state index in [9.17, 15) is 9.59 Å². The molecule has 5 heteroatoms. The van der Waals surface area contributed by atoms with Gasteiger partial charge < -0.3 is 16.0 Å². The Kier molecular flexibility index (Phi) is 5.32. The van der Waals surface area contributed by atoms with Crippen LogP contribution in [0.3, 0.4) is 0 Å². The molecule has 98 valence electrons. The predicted molar refractivity (Wildman–Crippen MR) is 70.0 cm³/mol. The fourth-order valence-electron chi connectivity index (χ4n) is 1.50. The Morgan fingerprint density at radius 3 is 2.39 bits per heavy atom. The molecular weight excluding hydrogens is 230 g/mol. The zero-order valence-electron chi connectivity index (χ0n) is 10.8. The molecule has 0 aliphatic carbocycles. The molecule has 0 aliphatic heterocycles. The lowest BCUT2D eigenvalue weighted by atomic mass is 10.1. The Balaban J connectivity index is 2.59. The SMILES string of the molecule is CNC(=O)CCN(C)C(=O)c1ccc(CN)cc1. The van der Waals surface area contributed by atoms with Crippen molar-refractivity contribution in [3.05, 3.63) is 35.4 Å². The molecule has 0 bridgehead atoms. The molecular formula is C13H19N3O2. The van der Waals surface area contributed by atoms with E-state index in [0.29, 0.717) is 25.1 Å². The molecule has 0 atom stereocenters. The standard InChI is InChI=1S/C13H19N3O2/c1-15-12(17)7-8-16(2)13(18)11-5-3-10(9-14)4-6-11/h3-6H,7-9,14H2,1-2H3,(H,15,17). The lowest BCUT2D eigenvalue weighted by Gasteiger charge is -2.16. The second-order valence-electron chi connectivity index (χ2n) is 4.05. The van der Waals surface area contributed by atoms with Gasteiger partial charge in [0.1, 0.15) is 0 Å². The monoisotopic (exact) mass is 249 g/mol. The maximum atomic E-state index is 12.0. The van der Waals surface area contributed by atoms with Gasteiger partial charge in [-0.25, -0.2) is 0 Å². The smallest absolute Gasteiger partial charge is 0.253 e. The summed E-state index contributed by atoms with van der Waals surface area (Å²) in [4.78, 5) is 24.6. The Morgan fingerprint density at radius 1 is 1.28 bits per heavy atom. The number of hydrogen-bond acceptors (Lipinski definition) is 3. The quantitative estimate of drug-likeness (QED) is 0.791. The first-order valence-corrected chi connectivity index (χ1v) is 5.83. The predicted octanol–water partition coefficient (Wildman–Crippen LogP) is 0.353. The van der Waals surface area contributed by atoms with Crippen molar-refractivity contribution in [1.82, 2.24) is 10.2 Å². The van der Waals surface area contributed by atoms with Gasteiger partial charge in [0.2, 0.25) is 5.91 Å². The number of nitrogens with one attached hydrogen (secondary N) is 1.